The molecule has 1 aromatic heterocycles. The molecule has 2 rings (SSSR count). The average molecular weight is 195 g/mol. The molecule has 68 valence electrons. The normalized spacial score (nSPS) is 11.4. The van der Waals surface area contributed by atoms with Crippen molar-refractivity contribution in [1.82, 2.24) is 9.97 Å². The van der Waals surface area contributed by atoms with Crippen LogP contribution in [0.15, 0.2) is 18.5 Å². The predicted molar refractivity (Wildman–Crippen MR) is 55.2 cm³/mol. The lowest BCUT2D eigenvalue weighted by molar-refractivity contribution is 0.868. The van der Waals surface area contributed by atoms with E-state index in [1.165, 1.54) is 0 Å². The minimum Gasteiger partial charge on any atom is -0.345 e. The molecule has 0 unspecified atom stereocenters. The smallest absolute Gasteiger partial charge is 0.0931 e. The Bertz CT molecular complexity index is 431. The average Bonchev–Trinajstić information content (AvgIpc) is 2.48. The minimum atomic E-state index is 0.439. The summed E-state index contributed by atoms with van der Waals surface area (Å²) in [7, 11) is 0. The Labute approximate surface area is 81.9 Å². The van der Waals surface area contributed by atoms with Crippen molar-refractivity contribution >= 4 is 22.6 Å². The fraction of sp³-hybridized carbons (Fsp3) is 0.300. The molecular weight excluding hydrogens is 184 g/mol. The Hall–Kier alpha value is -1.02. The van der Waals surface area contributed by atoms with E-state index in [1.54, 1.807) is 6.33 Å². The van der Waals surface area contributed by atoms with E-state index >= 15 is 0 Å². The lowest BCUT2D eigenvalue weighted by atomic mass is 10.0. The van der Waals surface area contributed by atoms with Gasteiger partial charge in [0.1, 0.15) is 0 Å². The third-order valence-corrected chi connectivity index (χ3v) is 2.49. The van der Waals surface area contributed by atoms with Crippen LogP contribution in [0.2, 0.25) is 5.02 Å². The number of aromatic amines is 1. The van der Waals surface area contributed by atoms with Crippen molar-refractivity contribution < 1.29 is 0 Å². The van der Waals surface area contributed by atoms with E-state index < -0.39 is 0 Å². The number of imidazole rings is 1. The van der Waals surface area contributed by atoms with Crippen LogP contribution in [0.5, 0.6) is 0 Å². The monoisotopic (exact) mass is 194 g/mol. The number of H-pyrrole nitrogens is 1. The highest BCUT2D eigenvalue weighted by molar-refractivity contribution is 6.32. The van der Waals surface area contributed by atoms with Crippen LogP contribution >= 0.6 is 11.6 Å². The maximum Gasteiger partial charge on any atom is 0.0931 e. The van der Waals surface area contributed by atoms with Crippen molar-refractivity contribution in [3.05, 3.63) is 29.0 Å². The maximum absolute atomic E-state index is 6.11. The van der Waals surface area contributed by atoms with Gasteiger partial charge in [0.15, 0.2) is 0 Å². The predicted octanol–water partition coefficient (Wildman–Crippen LogP) is 3.34. The molecule has 0 atom stereocenters. The summed E-state index contributed by atoms with van der Waals surface area (Å²) in [4.78, 5) is 7.22. The van der Waals surface area contributed by atoms with Crippen molar-refractivity contribution in [2.75, 3.05) is 0 Å². The highest BCUT2D eigenvalue weighted by Gasteiger charge is 2.07. The molecule has 0 radical (unpaired) electrons. The van der Waals surface area contributed by atoms with Crippen molar-refractivity contribution in [3.8, 4) is 0 Å². The molecular formula is C10H11ClN2. The van der Waals surface area contributed by atoms with E-state index in [-0.39, 0.29) is 0 Å². The van der Waals surface area contributed by atoms with Crippen LogP contribution in [0.3, 0.4) is 0 Å². The van der Waals surface area contributed by atoms with Gasteiger partial charge in [0.05, 0.1) is 17.4 Å². The third kappa shape index (κ3) is 1.42. The van der Waals surface area contributed by atoms with Gasteiger partial charge in [0, 0.05) is 5.02 Å². The SMILES string of the molecule is CC(C)c1cc2nc[nH]c2cc1Cl. The van der Waals surface area contributed by atoms with Gasteiger partial charge in [-0.1, -0.05) is 25.4 Å². The third-order valence-electron chi connectivity index (χ3n) is 2.16. The fourth-order valence-corrected chi connectivity index (χ4v) is 1.80. The van der Waals surface area contributed by atoms with Crippen LogP contribution in [0.4, 0.5) is 0 Å². The summed E-state index contributed by atoms with van der Waals surface area (Å²) in [5, 5.41) is 0.812. The van der Waals surface area contributed by atoms with Gasteiger partial charge in [-0.15, -0.1) is 0 Å². The molecule has 0 saturated carbocycles. The molecule has 13 heavy (non-hydrogen) atoms. The van der Waals surface area contributed by atoms with E-state index in [4.69, 9.17) is 11.6 Å². The van der Waals surface area contributed by atoms with Gasteiger partial charge in [0.25, 0.3) is 0 Å². The lowest BCUT2D eigenvalue weighted by Gasteiger charge is -2.07. The Morgan fingerprint density at radius 2 is 2.15 bits per heavy atom. The molecule has 0 bridgehead atoms. The van der Waals surface area contributed by atoms with Crippen LogP contribution in [0, 0.1) is 0 Å². The summed E-state index contributed by atoms with van der Waals surface area (Å²) in [6.45, 7) is 4.25. The fourth-order valence-electron chi connectivity index (χ4n) is 1.41. The van der Waals surface area contributed by atoms with Gasteiger partial charge in [0.2, 0.25) is 0 Å². The number of fused-ring (bicyclic) bond motifs is 1. The lowest BCUT2D eigenvalue weighted by Crippen LogP contribution is -1.88. The summed E-state index contributed by atoms with van der Waals surface area (Å²) in [5.41, 5.74) is 3.13. The van der Waals surface area contributed by atoms with Crippen LogP contribution in [-0.4, -0.2) is 9.97 Å². The van der Waals surface area contributed by atoms with Crippen LogP contribution < -0.4 is 0 Å². The van der Waals surface area contributed by atoms with E-state index in [2.05, 4.69) is 23.8 Å². The Morgan fingerprint density at radius 1 is 1.38 bits per heavy atom. The van der Waals surface area contributed by atoms with Gasteiger partial charge < -0.3 is 4.98 Å². The van der Waals surface area contributed by atoms with Gasteiger partial charge in [-0.3, -0.25) is 0 Å². The van der Waals surface area contributed by atoms with Crippen molar-refractivity contribution in [3.63, 3.8) is 0 Å². The first-order valence-corrected chi connectivity index (χ1v) is 4.69. The van der Waals surface area contributed by atoms with Gasteiger partial charge in [-0.25, -0.2) is 4.98 Å². The first kappa shape index (κ1) is 8.57. The molecule has 0 aliphatic rings. The molecule has 0 amide bonds. The number of hydrogen-bond acceptors (Lipinski definition) is 1. The largest absolute Gasteiger partial charge is 0.345 e. The van der Waals surface area contributed by atoms with E-state index in [0.717, 1.165) is 21.6 Å². The number of nitrogens with one attached hydrogen (secondary N) is 1. The van der Waals surface area contributed by atoms with Crippen LogP contribution in [0.1, 0.15) is 25.3 Å². The number of benzene rings is 1. The van der Waals surface area contributed by atoms with Crippen molar-refractivity contribution in [2.24, 2.45) is 0 Å². The molecule has 0 saturated heterocycles. The molecule has 2 aromatic rings. The molecule has 3 heteroatoms. The van der Waals surface area contributed by atoms with E-state index in [0.29, 0.717) is 5.92 Å². The summed E-state index contributed by atoms with van der Waals surface area (Å²) in [6.07, 6.45) is 1.69. The highest BCUT2D eigenvalue weighted by atomic mass is 35.5. The Kier molecular flexibility index (Phi) is 2.00. The quantitative estimate of drug-likeness (QED) is 0.741. The van der Waals surface area contributed by atoms with Crippen LogP contribution in [-0.2, 0) is 0 Å². The molecule has 0 fully saturated rings. The summed E-state index contributed by atoms with van der Waals surface area (Å²) < 4.78 is 0. The summed E-state index contributed by atoms with van der Waals surface area (Å²) in [5.74, 6) is 0.439. The first-order chi connectivity index (χ1) is 6.18. The van der Waals surface area contributed by atoms with E-state index in [9.17, 15) is 0 Å². The highest BCUT2D eigenvalue weighted by Crippen LogP contribution is 2.27. The zero-order valence-electron chi connectivity index (χ0n) is 7.63. The van der Waals surface area contributed by atoms with Gasteiger partial charge in [-0.05, 0) is 23.6 Å². The standard InChI is InChI=1S/C10H11ClN2/c1-6(2)7-3-9-10(4-8(7)11)13-5-12-9/h3-6H,1-2H3,(H,12,13). The molecule has 1 N–H and O–H groups in total. The summed E-state index contributed by atoms with van der Waals surface area (Å²) >= 11 is 6.11. The number of nitrogens with zero attached hydrogens (tertiary/aromatic N) is 1. The molecule has 0 aliphatic heterocycles. The topological polar surface area (TPSA) is 28.7 Å². The second-order valence-corrected chi connectivity index (χ2v) is 3.86. The maximum atomic E-state index is 6.11. The number of halogens is 1. The number of aromatic nitrogens is 2. The van der Waals surface area contributed by atoms with Gasteiger partial charge in [-0.2, -0.15) is 0 Å². The zero-order valence-corrected chi connectivity index (χ0v) is 8.39. The molecule has 1 heterocycles. The second-order valence-electron chi connectivity index (χ2n) is 3.45. The molecule has 2 nitrogen and oxygen atoms in total. The van der Waals surface area contributed by atoms with Crippen LogP contribution in [0.25, 0.3) is 11.0 Å². The first-order valence-electron chi connectivity index (χ1n) is 4.31. The summed E-state index contributed by atoms with van der Waals surface area (Å²) in [6, 6.07) is 3.97. The number of rotatable bonds is 1. The van der Waals surface area contributed by atoms with Crippen molar-refractivity contribution in [1.29, 1.82) is 0 Å². The Morgan fingerprint density at radius 3 is 2.85 bits per heavy atom. The molecule has 0 aliphatic carbocycles. The Balaban J connectivity index is 2.69. The van der Waals surface area contributed by atoms with E-state index in [1.807, 2.05) is 12.1 Å². The van der Waals surface area contributed by atoms with Gasteiger partial charge >= 0.3 is 0 Å². The molecule has 1 aromatic carbocycles. The zero-order chi connectivity index (χ0) is 9.42. The number of hydrogen-bond donors (Lipinski definition) is 1. The van der Waals surface area contributed by atoms with Crippen molar-refractivity contribution in [2.45, 2.75) is 19.8 Å². The second kappa shape index (κ2) is 3.04. The minimum absolute atomic E-state index is 0.439. The molecule has 0 spiro atoms.